The Hall–Kier alpha value is -3.19. The molecular formula is C22H29N3O4. The SMILES string of the molecule is CCOc1cc(C(=CN)c2ccc(OC)c(NC(=O)CCCN)c2)ccc1OC. The molecule has 29 heavy (non-hydrogen) atoms. The fourth-order valence-electron chi connectivity index (χ4n) is 2.92. The lowest BCUT2D eigenvalue weighted by Crippen LogP contribution is -2.14. The van der Waals surface area contributed by atoms with Gasteiger partial charge in [-0.05, 0) is 55.3 Å². The topological polar surface area (TPSA) is 109 Å². The molecule has 1 amide bonds. The van der Waals surface area contributed by atoms with Crippen molar-refractivity contribution in [1.82, 2.24) is 0 Å². The summed E-state index contributed by atoms with van der Waals surface area (Å²) in [6, 6.07) is 11.1. The van der Waals surface area contributed by atoms with Crippen molar-refractivity contribution in [3.8, 4) is 17.2 Å². The zero-order chi connectivity index (χ0) is 21.2. The van der Waals surface area contributed by atoms with Crippen LogP contribution >= 0.6 is 0 Å². The highest BCUT2D eigenvalue weighted by atomic mass is 16.5. The van der Waals surface area contributed by atoms with Gasteiger partial charge >= 0.3 is 0 Å². The Morgan fingerprint density at radius 2 is 1.69 bits per heavy atom. The Kier molecular flexibility index (Phi) is 8.36. The summed E-state index contributed by atoms with van der Waals surface area (Å²) in [5.41, 5.74) is 14.5. The van der Waals surface area contributed by atoms with Gasteiger partial charge in [0.1, 0.15) is 5.75 Å². The Morgan fingerprint density at radius 3 is 2.28 bits per heavy atom. The van der Waals surface area contributed by atoms with Crippen LogP contribution in [0.1, 0.15) is 30.9 Å². The summed E-state index contributed by atoms with van der Waals surface area (Å²) in [4.78, 5) is 12.2. The normalized spacial score (nSPS) is 11.1. The third kappa shape index (κ3) is 5.65. The van der Waals surface area contributed by atoms with Gasteiger partial charge in [-0.1, -0.05) is 12.1 Å². The van der Waals surface area contributed by atoms with Crippen molar-refractivity contribution < 1.29 is 19.0 Å². The van der Waals surface area contributed by atoms with Crippen LogP contribution in [0.2, 0.25) is 0 Å². The van der Waals surface area contributed by atoms with Crippen molar-refractivity contribution in [2.24, 2.45) is 11.5 Å². The van der Waals surface area contributed by atoms with Crippen molar-refractivity contribution in [2.45, 2.75) is 19.8 Å². The molecule has 156 valence electrons. The maximum absolute atomic E-state index is 12.2. The Balaban J connectivity index is 2.40. The second kappa shape index (κ2) is 11.0. The molecule has 2 rings (SSSR count). The van der Waals surface area contributed by atoms with Crippen molar-refractivity contribution in [1.29, 1.82) is 0 Å². The molecule has 0 radical (unpaired) electrons. The molecule has 7 nitrogen and oxygen atoms in total. The van der Waals surface area contributed by atoms with Gasteiger partial charge in [0.15, 0.2) is 11.5 Å². The van der Waals surface area contributed by atoms with E-state index in [0.29, 0.717) is 48.9 Å². The number of hydrogen-bond acceptors (Lipinski definition) is 6. The second-order valence-electron chi connectivity index (χ2n) is 6.23. The number of nitrogens with one attached hydrogen (secondary N) is 1. The van der Waals surface area contributed by atoms with Crippen LogP contribution < -0.4 is 31.0 Å². The minimum atomic E-state index is -0.118. The van der Waals surface area contributed by atoms with Gasteiger partial charge in [-0.3, -0.25) is 4.79 Å². The number of amides is 1. The van der Waals surface area contributed by atoms with Crippen molar-refractivity contribution in [3.63, 3.8) is 0 Å². The van der Waals surface area contributed by atoms with E-state index in [9.17, 15) is 4.79 Å². The number of carbonyl (C=O) groups excluding carboxylic acids is 1. The first kappa shape index (κ1) is 22.1. The average molecular weight is 399 g/mol. The molecule has 0 aliphatic heterocycles. The Morgan fingerprint density at radius 1 is 1.03 bits per heavy atom. The summed E-state index contributed by atoms with van der Waals surface area (Å²) in [6.07, 6.45) is 2.49. The first-order valence-corrected chi connectivity index (χ1v) is 9.49. The van der Waals surface area contributed by atoms with Crippen molar-refractivity contribution >= 4 is 17.2 Å². The standard InChI is InChI=1S/C22H29N3O4/c1-4-29-21-13-16(8-10-20(21)28-3)17(14-24)15-7-9-19(27-2)18(12-15)25-22(26)6-5-11-23/h7-10,12-14H,4-6,11,23-24H2,1-3H3,(H,25,26). The summed E-state index contributed by atoms with van der Waals surface area (Å²) in [6.45, 7) is 2.89. The van der Waals surface area contributed by atoms with Crippen LogP contribution in [0.4, 0.5) is 5.69 Å². The van der Waals surface area contributed by atoms with Gasteiger partial charge in [-0.15, -0.1) is 0 Å². The maximum atomic E-state index is 12.2. The lowest BCUT2D eigenvalue weighted by molar-refractivity contribution is -0.116. The minimum absolute atomic E-state index is 0.118. The molecule has 0 aliphatic rings. The predicted molar refractivity (Wildman–Crippen MR) is 115 cm³/mol. The van der Waals surface area contributed by atoms with Gasteiger partial charge in [0.2, 0.25) is 5.91 Å². The van der Waals surface area contributed by atoms with Crippen LogP contribution in [0, 0.1) is 0 Å². The van der Waals surface area contributed by atoms with E-state index in [0.717, 1.165) is 16.7 Å². The number of benzene rings is 2. The highest BCUT2D eigenvalue weighted by molar-refractivity contribution is 5.93. The molecule has 2 aromatic carbocycles. The largest absolute Gasteiger partial charge is 0.495 e. The molecule has 7 heteroatoms. The number of rotatable bonds is 10. The summed E-state index contributed by atoms with van der Waals surface area (Å²) in [5.74, 6) is 1.73. The number of carbonyl (C=O) groups is 1. The number of ether oxygens (including phenoxy) is 3. The minimum Gasteiger partial charge on any atom is -0.495 e. The number of nitrogens with two attached hydrogens (primary N) is 2. The van der Waals surface area contributed by atoms with E-state index in [1.54, 1.807) is 20.3 Å². The van der Waals surface area contributed by atoms with Gasteiger partial charge < -0.3 is 31.0 Å². The molecule has 0 fully saturated rings. The third-order valence-corrected chi connectivity index (χ3v) is 4.33. The van der Waals surface area contributed by atoms with E-state index in [4.69, 9.17) is 25.7 Å². The lowest BCUT2D eigenvalue weighted by Gasteiger charge is -2.16. The first-order chi connectivity index (χ1) is 14.1. The number of anilines is 1. The van der Waals surface area contributed by atoms with E-state index in [1.807, 2.05) is 37.3 Å². The van der Waals surface area contributed by atoms with E-state index in [1.165, 1.54) is 6.20 Å². The van der Waals surface area contributed by atoms with E-state index in [-0.39, 0.29) is 5.91 Å². The first-order valence-electron chi connectivity index (χ1n) is 9.49. The molecule has 0 saturated carbocycles. The molecule has 0 heterocycles. The van der Waals surface area contributed by atoms with Crippen molar-refractivity contribution in [3.05, 3.63) is 53.7 Å². The molecule has 0 spiro atoms. The summed E-state index contributed by atoms with van der Waals surface area (Å²) >= 11 is 0. The maximum Gasteiger partial charge on any atom is 0.224 e. The predicted octanol–water partition coefficient (Wildman–Crippen LogP) is 3.13. The third-order valence-electron chi connectivity index (χ3n) is 4.33. The van der Waals surface area contributed by atoms with Crippen LogP contribution in [-0.4, -0.2) is 33.3 Å². The second-order valence-corrected chi connectivity index (χ2v) is 6.23. The monoisotopic (exact) mass is 399 g/mol. The fourth-order valence-corrected chi connectivity index (χ4v) is 2.92. The smallest absolute Gasteiger partial charge is 0.224 e. The molecule has 2 aromatic rings. The molecule has 0 aliphatic carbocycles. The van der Waals surface area contributed by atoms with Gasteiger partial charge in [0.05, 0.1) is 26.5 Å². The summed E-state index contributed by atoms with van der Waals surface area (Å²) in [7, 11) is 3.16. The van der Waals surface area contributed by atoms with Crippen molar-refractivity contribution in [2.75, 3.05) is 32.7 Å². The summed E-state index contributed by atoms with van der Waals surface area (Å²) < 4.78 is 16.4. The van der Waals surface area contributed by atoms with E-state index in [2.05, 4.69) is 5.32 Å². The van der Waals surface area contributed by atoms with Crippen LogP contribution in [0.25, 0.3) is 5.57 Å². The van der Waals surface area contributed by atoms with E-state index >= 15 is 0 Å². The Labute approximate surface area is 171 Å². The number of hydrogen-bond donors (Lipinski definition) is 3. The molecule has 0 saturated heterocycles. The van der Waals surface area contributed by atoms with E-state index < -0.39 is 0 Å². The zero-order valence-electron chi connectivity index (χ0n) is 17.2. The van der Waals surface area contributed by atoms with Gasteiger partial charge in [0, 0.05) is 18.2 Å². The van der Waals surface area contributed by atoms with Gasteiger partial charge in [-0.2, -0.15) is 0 Å². The molecule has 0 bridgehead atoms. The van der Waals surface area contributed by atoms with Crippen LogP contribution in [0.5, 0.6) is 17.2 Å². The highest BCUT2D eigenvalue weighted by Gasteiger charge is 2.14. The lowest BCUT2D eigenvalue weighted by atomic mass is 9.97. The average Bonchev–Trinajstić information content (AvgIpc) is 2.73. The van der Waals surface area contributed by atoms with Crippen LogP contribution in [0.3, 0.4) is 0 Å². The van der Waals surface area contributed by atoms with Crippen LogP contribution in [0.15, 0.2) is 42.6 Å². The molecule has 0 atom stereocenters. The van der Waals surface area contributed by atoms with Gasteiger partial charge in [-0.25, -0.2) is 0 Å². The Bertz CT molecular complexity index is 865. The molecule has 0 aromatic heterocycles. The quantitative estimate of drug-likeness (QED) is 0.566. The molecular weight excluding hydrogens is 370 g/mol. The fraction of sp³-hybridized carbons (Fsp3) is 0.318. The molecule has 0 unspecified atom stereocenters. The molecule has 5 N–H and O–H groups in total. The van der Waals surface area contributed by atoms with Crippen LogP contribution in [-0.2, 0) is 4.79 Å². The highest BCUT2D eigenvalue weighted by Crippen LogP contribution is 2.35. The number of methoxy groups -OCH3 is 2. The summed E-state index contributed by atoms with van der Waals surface area (Å²) in [5, 5.41) is 2.88. The van der Waals surface area contributed by atoms with Gasteiger partial charge in [0.25, 0.3) is 0 Å². The zero-order valence-corrected chi connectivity index (χ0v) is 17.2.